The van der Waals surface area contributed by atoms with Gasteiger partial charge in [0.2, 0.25) is 15.9 Å². The zero-order valence-corrected chi connectivity index (χ0v) is 12.7. The van der Waals surface area contributed by atoms with Gasteiger partial charge in [-0.3, -0.25) is 4.79 Å². The molecule has 0 spiro atoms. The number of hydrogen-bond acceptors (Lipinski definition) is 5. The Labute approximate surface area is 122 Å². The summed E-state index contributed by atoms with van der Waals surface area (Å²) in [6.07, 6.45) is 0. The molecule has 1 aliphatic heterocycles. The molecule has 1 heterocycles. The summed E-state index contributed by atoms with van der Waals surface area (Å²) in [5.41, 5.74) is 0.586. The van der Waals surface area contributed by atoms with Crippen LogP contribution in [0, 0.1) is 0 Å². The van der Waals surface area contributed by atoms with Crippen molar-refractivity contribution in [3.8, 4) is 0 Å². The summed E-state index contributed by atoms with van der Waals surface area (Å²) in [6, 6.07) is 5.89. The largest absolute Gasteiger partial charge is 0.325 e. The van der Waals surface area contributed by atoms with E-state index in [0.717, 1.165) is 18.1 Å². The van der Waals surface area contributed by atoms with Gasteiger partial charge in [-0.15, -0.1) is 0 Å². The molecular formula is C12H17N3O3S2. The van der Waals surface area contributed by atoms with E-state index in [9.17, 15) is 13.2 Å². The summed E-state index contributed by atoms with van der Waals surface area (Å²) >= 11 is 1.74. The van der Waals surface area contributed by atoms with E-state index in [1.165, 1.54) is 19.2 Å². The Morgan fingerprint density at radius 3 is 2.60 bits per heavy atom. The molecule has 110 valence electrons. The molecular weight excluding hydrogens is 298 g/mol. The lowest BCUT2D eigenvalue weighted by atomic mass is 10.2. The van der Waals surface area contributed by atoms with Gasteiger partial charge in [0.25, 0.3) is 0 Å². The zero-order chi connectivity index (χ0) is 14.6. The van der Waals surface area contributed by atoms with Gasteiger partial charge in [-0.25, -0.2) is 13.1 Å². The van der Waals surface area contributed by atoms with E-state index >= 15 is 0 Å². The highest BCUT2D eigenvalue weighted by Crippen LogP contribution is 2.15. The van der Waals surface area contributed by atoms with Crippen LogP contribution in [0.4, 0.5) is 5.69 Å². The minimum atomic E-state index is -3.44. The van der Waals surface area contributed by atoms with Gasteiger partial charge in [0.05, 0.1) is 10.9 Å². The summed E-state index contributed by atoms with van der Waals surface area (Å²) in [5, 5.41) is 5.92. The summed E-state index contributed by atoms with van der Waals surface area (Å²) in [6.45, 7) is 0.822. The van der Waals surface area contributed by atoms with Crippen LogP contribution in [0.3, 0.4) is 0 Å². The van der Waals surface area contributed by atoms with Crippen LogP contribution in [-0.2, 0) is 14.8 Å². The second-order valence-electron chi connectivity index (χ2n) is 4.30. The van der Waals surface area contributed by atoms with Crippen LogP contribution < -0.4 is 15.4 Å². The molecule has 1 aliphatic rings. The molecule has 1 fully saturated rings. The van der Waals surface area contributed by atoms with Gasteiger partial charge in [-0.2, -0.15) is 11.8 Å². The van der Waals surface area contributed by atoms with Crippen LogP contribution in [0.5, 0.6) is 0 Å². The Morgan fingerprint density at radius 2 is 2.05 bits per heavy atom. The second-order valence-corrected chi connectivity index (χ2v) is 7.34. The Balaban J connectivity index is 2.02. The van der Waals surface area contributed by atoms with E-state index in [1.807, 2.05) is 0 Å². The van der Waals surface area contributed by atoms with Crippen molar-refractivity contribution < 1.29 is 13.2 Å². The Hall–Kier alpha value is -1.09. The minimum absolute atomic E-state index is 0.0959. The second kappa shape index (κ2) is 6.57. The SMILES string of the molecule is CNS(=O)(=O)c1ccc(NC(=O)C2CSCCN2)cc1. The predicted molar refractivity (Wildman–Crippen MR) is 80.4 cm³/mol. The van der Waals surface area contributed by atoms with E-state index in [-0.39, 0.29) is 16.8 Å². The molecule has 3 N–H and O–H groups in total. The lowest BCUT2D eigenvalue weighted by Crippen LogP contribution is -2.46. The van der Waals surface area contributed by atoms with Crippen molar-refractivity contribution >= 4 is 33.4 Å². The van der Waals surface area contributed by atoms with Crippen molar-refractivity contribution in [3.63, 3.8) is 0 Å². The van der Waals surface area contributed by atoms with Crippen LogP contribution in [0.25, 0.3) is 0 Å². The number of anilines is 1. The third-order valence-corrected chi connectivity index (χ3v) is 5.43. The summed E-state index contributed by atoms with van der Waals surface area (Å²) in [5.74, 6) is 1.67. The fourth-order valence-electron chi connectivity index (χ4n) is 1.80. The highest BCUT2D eigenvalue weighted by molar-refractivity contribution is 7.99. The molecule has 1 aromatic rings. The van der Waals surface area contributed by atoms with Crippen molar-refractivity contribution in [3.05, 3.63) is 24.3 Å². The molecule has 1 amide bonds. The van der Waals surface area contributed by atoms with Crippen LogP contribution >= 0.6 is 11.8 Å². The third-order valence-electron chi connectivity index (χ3n) is 2.94. The molecule has 8 heteroatoms. The molecule has 2 rings (SSSR count). The molecule has 20 heavy (non-hydrogen) atoms. The van der Waals surface area contributed by atoms with Crippen LogP contribution in [0.2, 0.25) is 0 Å². The van der Waals surface area contributed by atoms with Crippen molar-refractivity contribution in [1.29, 1.82) is 0 Å². The maximum Gasteiger partial charge on any atom is 0.242 e. The first kappa shape index (κ1) is 15.3. The first-order valence-corrected chi connectivity index (χ1v) is 8.82. The maximum atomic E-state index is 12.0. The van der Waals surface area contributed by atoms with Gasteiger partial charge >= 0.3 is 0 Å². The molecule has 1 unspecified atom stereocenters. The van der Waals surface area contributed by atoms with Crippen molar-refractivity contribution in [1.82, 2.24) is 10.0 Å². The maximum absolute atomic E-state index is 12.0. The number of carbonyl (C=O) groups is 1. The molecule has 6 nitrogen and oxygen atoms in total. The highest BCUT2D eigenvalue weighted by Gasteiger charge is 2.21. The van der Waals surface area contributed by atoms with Gasteiger partial charge in [-0.05, 0) is 31.3 Å². The monoisotopic (exact) mass is 315 g/mol. The van der Waals surface area contributed by atoms with Crippen LogP contribution in [0.1, 0.15) is 0 Å². The van der Waals surface area contributed by atoms with Gasteiger partial charge in [0.1, 0.15) is 0 Å². The standard InChI is InChI=1S/C12H17N3O3S2/c1-13-20(17,18)10-4-2-9(3-5-10)15-12(16)11-8-19-7-6-14-11/h2-5,11,13-14H,6-8H2,1H3,(H,15,16). The molecule has 1 atom stereocenters. The third kappa shape index (κ3) is 3.72. The van der Waals surface area contributed by atoms with Crippen LogP contribution in [0.15, 0.2) is 29.2 Å². The summed E-state index contributed by atoms with van der Waals surface area (Å²) < 4.78 is 25.4. The zero-order valence-electron chi connectivity index (χ0n) is 11.0. The predicted octanol–water partition coefficient (Wildman–Crippen LogP) is 0.238. The van der Waals surface area contributed by atoms with Gasteiger partial charge < -0.3 is 10.6 Å². The fourth-order valence-corrected chi connectivity index (χ4v) is 3.46. The van der Waals surface area contributed by atoms with E-state index in [0.29, 0.717) is 5.69 Å². The molecule has 0 bridgehead atoms. The number of carbonyl (C=O) groups excluding carboxylic acids is 1. The Kier molecular flexibility index (Phi) is 5.03. The van der Waals surface area contributed by atoms with Crippen molar-refractivity contribution in [2.24, 2.45) is 0 Å². The van der Waals surface area contributed by atoms with E-state index in [1.54, 1.807) is 23.9 Å². The smallest absolute Gasteiger partial charge is 0.242 e. The number of benzene rings is 1. The molecule has 0 saturated carbocycles. The first-order chi connectivity index (χ1) is 9.53. The van der Waals surface area contributed by atoms with E-state index in [2.05, 4.69) is 15.4 Å². The lowest BCUT2D eigenvalue weighted by Gasteiger charge is -2.22. The van der Waals surface area contributed by atoms with Gasteiger partial charge in [0.15, 0.2) is 0 Å². The molecule has 0 radical (unpaired) electrons. The fraction of sp³-hybridized carbons (Fsp3) is 0.417. The molecule has 0 aliphatic carbocycles. The molecule has 1 aromatic carbocycles. The number of amides is 1. The number of rotatable bonds is 4. The number of nitrogens with one attached hydrogen (secondary N) is 3. The van der Waals surface area contributed by atoms with Gasteiger partial charge in [0, 0.05) is 23.7 Å². The van der Waals surface area contributed by atoms with Crippen molar-refractivity contribution in [2.45, 2.75) is 10.9 Å². The first-order valence-electron chi connectivity index (χ1n) is 6.18. The molecule has 0 aromatic heterocycles. The molecule has 1 saturated heterocycles. The van der Waals surface area contributed by atoms with E-state index < -0.39 is 10.0 Å². The van der Waals surface area contributed by atoms with Gasteiger partial charge in [-0.1, -0.05) is 0 Å². The lowest BCUT2D eigenvalue weighted by molar-refractivity contribution is -0.117. The Morgan fingerprint density at radius 1 is 1.35 bits per heavy atom. The Bertz CT molecular complexity index is 566. The quantitative estimate of drug-likeness (QED) is 0.741. The topological polar surface area (TPSA) is 87.3 Å². The highest BCUT2D eigenvalue weighted by atomic mass is 32.2. The minimum Gasteiger partial charge on any atom is -0.325 e. The average Bonchev–Trinajstić information content (AvgIpc) is 2.48. The number of sulfonamides is 1. The van der Waals surface area contributed by atoms with Crippen LogP contribution in [-0.4, -0.2) is 45.5 Å². The van der Waals surface area contributed by atoms with Crippen molar-refractivity contribution in [2.75, 3.05) is 30.4 Å². The number of hydrogen-bond donors (Lipinski definition) is 3. The summed E-state index contributed by atoms with van der Waals surface area (Å²) in [7, 11) is -2.08. The number of thioether (sulfide) groups is 1. The normalized spacial score (nSPS) is 19.6. The average molecular weight is 315 g/mol. The summed E-state index contributed by atoms with van der Waals surface area (Å²) in [4.78, 5) is 12.2. The van der Waals surface area contributed by atoms with E-state index in [4.69, 9.17) is 0 Å².